The lowest BCUT2D eigenvalue weighted by Gasteiger charge is -2.20. The molecule has 0 aliphatic heterocycles. The van der Waals surface area contributed by atoms with E-state index >= 15 is 0 Å². The maximum atomic E-state index is 13.8. The molecule has 1 N–H and O–H groups in total. The second-order valence-electron chi connectivity index (χ2n) is 5.13. The monoisotopic (exact) mass is 299 g/mol. The summed E-state index contributed by atoms with van der Waals surface area (Å²) >= 11 is 3.28. The Morgan fingerprint density at radius 1 is 1.41 bits per heavy atom. The normalized spacial score (nSPS) is 19.1. The van der Waals surface area contributed by atoms with Crippen LogP contribution in [0.3, 0.4) is 0 Å². The van der Waals surface area contributed by atoms with Crippen molar-refractivity contribution in [3.63, 3.8) is 0 Å². The molecule has 1 nitrogen and oxygen atoms in total. The fourth-order valence-corrected chi connectivity index (χ4v) is 2.62. The van der Waals surface area contributed by atoms with Gasteiger partial charge in [-0.3, -0.25) is 0 Å². The molecule has 1 aromatic rings. The summed E-state index contributed by atoms with van der Waals surface area (Å²) in [5.41, 5.74) is 0.746. The zero-order valence-corrected chi connectivity index (χ0v) is 11.9. The Balaban J connectivity index is 1.95. The highest BCUT2D eigenvalue weighted by Crippen LogP contribution is 2.34. The summed E-state index contributed by atoms with van der Waals surface area (Å²) in [6, 6.07) is 5.79. The van der Waals surface area contributed by atoms with E-state index in [0.717, 1.165) is 16.0 Å². The fraction of sp³-hybridized carbons (Fsp3) is 0.571. The van der Waals surface area contributed by atoms with E-state index in [1.807, 2.05) is 19.1 Å². The van der Waals surface area contributed by atoms with Gasteiger partial charge >= 0.3 is 0 Å². The van der Waals surface area contributed by atoms with E-state index in [0.29, 0.717) is 6.04 Å². The number of rotatable bonds is 5. The molecule has 0 bridgehead atoms. The molecule has 1 aliphatic carbocycles. The number of benzene rings is 1. The van der Waals surface area contributed by atoms with Crippen LogP contribution in [-0.2, 0) is 0 Å². The van der Waals surface area contributed by atoms with Crippen LogP contribution in [0.2, 0.25) is 0 Å². The summed E-state index contributed by atoms with van der Waals surface area (Å²) < 4.78 is 14.5. The number of nitrogens with one attached hydrogen (secondary N) is 1. The number of hydrogen-bond acceptors (Lipinski definition) is 1. The number of hydrogen-bond donors (Lipinski definition) is 1. The summed E-state index contributed by atoms with van der Waals surface area (Å²) in [5.74, 6) is 0.762. The maximum absolute atomic E-state index is 13.8. The average Bonchev–Trinajstić information content (AvgIpc) is 3.00. The lowest BCUT2D eigenvalue weighted by Crippen LogP contribution is -2.29. The predicted octanol–water partition coefficient (Wildman–Crippen LogP) is 4.43. The van der Waals surface area contributed by atoms with Gasteiger partial charge in [-0.2, -0.15) is 0 Å². The van der Waals surface area contributed by atoms with E-state index in [9.17, 15) is 4.39 Å². The van der Waals surface area contributed by atoms with Crippen molar-refractivity contribution in [3.05, 3.63) is 34.1 Å². The Labute approximate surface area is 111 Å². The Kier molecular flexibility index (Phi) is 4.21. The van der Waals surface area contributed by atoms with Crippen molar-refractivity contribution in [1.82, 2.24) is 5.32 Å². The lowest BCUT2D eigenvalue weighted by atomic mass is 10.1. The summed E-state index contributed by atoms with van der Waals surface area (Å²) in [6.07, 6.45) is 3.95. The van der Waals surface area contributed by atoms with Crippen LogP contribution in [0.1, 0.15) is 44.7 Å². The van der Waals surface area contributed by atoms with Crippen LogP contribution in [0.25, 0.3) is 0 Å². The van der Waals surface area contributed by atoms with Gasteiger partial charge in [0.25, 0.3) is 0 Å². The van der Waals surface area contributed by atoms with Gasteiger partial charge in [0, 0.05) is 22.1 Å². The topological polar surface area (TPSA) is 12.0 Å². The summed E-state index contributed by atoms with van der Waals surface area (Å²) in [7, 11) is 0. The molecule has 3 heteroatoms. The van der Waals surface area contributed by atoms with Crippen molar-refractivity contribution >= 4 is 15.9 Å². The van der Waals surface area contributed by atoms with Crippen LogP contribution in [0.15, 0.2) is 22.7 Å². The third-order valence-corrected chi connectivity index (χ3v) is 3.84. The van der Waals surface area contributed by atoms with Gasteiger partial charge in [-0.15, -0.1) is 0 Å². The van der Waals surface area contributed by atoms with E-state index < -0.39 is 0 Å². The van der Waals surface area contributed by atoms with E-state index in [1.165, 1.54) is 25.3 Å². The molecule has 0 aromatic heterocycles. The molecule has 17 heavy (non-hydrogen) atoms. The van der Waals surface area contributed by atoms with Crippen LogP contribution in [-0.4, -0.2) is 6.04 Å². The van der Waals surface area contributed by atoms with Crippen molar-refractivity contribution in [3.8, 4) is 0 Å². The van der Waals surface area contributed by atoms with Crippen molar-refractivity contribution in [2.75, 3.05) is 0 Å². The molecule has 0 spiro atoms. The second-order valence-corrected chi connectivity index (χ2v) is 6.05. The molecule has 1 aromatic carbocycles. The minimum atomic E-state index is -0.141. The minimum Gasteiger partial charge on any atom is -0.308 e. The lowest BCUT2D eigenvalue weighted by molar-refractivity contribution is 0.428. The van der Waals surface area contributed by atoms with E-state index in [2.05, 4.69) is 28.2 Å². The third kappa shape index (κ3) is 3.78. The largest absolute Gasteiger partial charge is 0.308 e. The van der Waals surface area contributed by atoms with E-state index in [-0.39, 0.29) is 11.9 Å². The third-order valence-electron chi connectivity index (χ3n) is 3.35. The zero-order chi connectivity index (χ0) is 12.4. The Hall–Kier alpha value is -0.410. The molecular formula is C14H19BrFN. The predicted molar refractivity (Wildman–Crippen MR) is 72.5 cm³/mol. The first-order chi connectivity index (χ1) is 8.06. The van der Waals surface area contributed by atoms with Gasteiger partial charge in [0.05, 0.1) is 0 Å². The summed E-state index contributed by atoms with van der Waals surface area (Å²) in [4.78, 5) is 0. The first-order valence-corrected chi connectivity index (χ1v) is 7.06. The van der Waals surface area contributed by atoms with Crippen LogP contribution in [0.4, 0.5) is 4.39 Å². The summed E-state index contributed by atoms with van der Waals surface area (Å²) in [5, 5.41) is 3.47. The highest BCUT2D eigenvalue weighted by atomic mass is 79.9. The molecule has 2 rings (SSSR count). The zero-order valence-electron chi connectivity index (χ0n) is 10.3. The van der Waals surface area contributed by atoms with Gasteiger partial charge < -0.3 is 5.32 Å². The van der Waals surface area contributed by atoms with Crippen molar-refractivity contribution < 1.29 is 4.39 Å². The van der Waals surface area contributed by atoms with Crippen molar-refractivity contribution in [2.24, 2.45) is 5.92 Å². The van der Waals surface area contributed by atoms with Gasteiger partial charge in [0.2, 0.25) is 0 Å². The minimum absolute atomic E-state index is 0.0665. The summed E-state index contributed by atoms with van der Waals surface area (Å²) in [6.45, 7) is 4.21. The van der Waals surface area contributed by atoms with Gasteiger partial charge in [-0.1, -0.05) is 34.8 Å². The molecule has 94 valence electrons. The van der Waals surface area contributed by atoms with Crippen LogP contribution in [0.5, 0.6) is 0 Å². The van der Waals surface area contributed by atoms with E-state index in [1.54, 1.807) is 0 Å². The fourth-order valence-electron chi connectivity index (χ4n) is 2.29. The van der Waals surface area contributed by atoms with Crippen molar-refractivity contribution in [1.29, 1.82) is 0 Å². The Morgan fingerprint density at radius 3 is 2.71 bits per heavy atom. The molecule has 0 heterocycles. The molecule has 0 radical (unpaired) electrons. The van der Waals surface area contributed by atoms with Gasteiger partial charge in [-0.05, 0) is 38.3 Å². The maximum Gasteiger partial charge on any atom is 0.129 e. The highest BCUT2D eigenvalue weighted by Gasteiger charge is 2.24. The van der Waals surface area contributed by atoms with Gasteiger partial charge in [0.15, 0.2) is 0 Å². The standard InChI is InChI=1S/C14H19BrFN/c1-9(7-11-3-4-11)17-10(2)13-6-5-12(15)8-14(13)16/h5-6,8-11,17H,3-4,7H2,1-2H3. The first kappa shape index (κ1) is 13.0. The SMILES string of the molecule is CC(CC1CC1)NC(C)c1ccc(Br)cc1F. The molecule has 1 saturated carbocycles. The van der Waals surface area contributed by atoms with Crippen molar-refractivity contribution in [2.45, 2.75) is 45.2 Å². The molecule has 0 saturated heterocycles. The second kappa shape index (κ2) is 5.49. The molecular weight excluding hydrogens is 281 g/mol. The Morgan fingerprint density at radius 2 is 2.12 bits per heavy atom. The Bertz CT molecular complexity index is 390. The highest BCUT2D eigenvalue weighted by molar-refractivity contribution is 9.10. The quantitative estimate of drug-likeness (QED) is 0.848. The van der Waals surface area contributed by atoms with E-state index in [4.69, 9.17) is 0 Å². The average molecular weight is 300 g/mol. The molecule has 0 amide bonds. The van der Waals surface area contributed by atoms with Crippen LogP contribution in [0, 0.1) is 11.7 Å². The molecule has 1 aliphatic rings. The van der Waals surface area contributed by atoms with Crippen LogP contribution >= 0.6 is 15.9 Å². The van der Waals surface area contributed by atoms with Gasteiger partial charge in [-0.25, -0.2) is 4.39 Å². The molecule has 1 fully saturated rings. The molecule has 2 atom stereocenters. The van der Waals surface area contributed by atoms with Crippen LogP contribution < -0.4 is 5.32 Å². The number of halogens is 2. The smallest absolute Gasteiger partial charge is 0.129 e. The first-order valence-electron chi connectivity index (χ1n) is 6.27. The molecule has 2 unspecified atom stereocenters. The van der Waals surface area contributed by atoms with Gasteiger partial charge in [0.1, 0.15) is 5.82 Å².